The lowest BCUT2D eigenvalue weighted by Crippen LogP contribution is -2.29. The van der Waals surface area contributed by atoms with E-state index < -0.39 is 11.9 Å². The highest BCUT2D eigenvalue weighted by molar-refractivity contribution is 5.77. The van der Waals surface area contributed by atoms with E-state index in [0.29, 0.717) is 18.4 Å². The fourth-order valence-corrected chi connectivity index (χ4v) is 2.48. The number of nitrogens with zero attached hydrogens (tertiary/aromatic N) is 1. The van der Waals surface area contributed by atoms with Gasteiger partial charge in [0.15, 0.2) is 0 Å². The van der Waals surface area contributed by atoms with Gasteiger partial charge in [-0.3, -0.25) is 4.79 Å². The van der Waals surface area contributed by atoms with Crippen molar-refractivity contribution in [3.63, 3.8) is 0 Å². The number of rotatable bonds is 7. The van der Waals surface area contributed by atoms with Crippen LogP contribution in [0, 0.1) is 17.1 Å². The molecular weight excluding hydrogens is 307 g/mol. The molecule has 0 aliphatic heterocycles. The molecular formula is C19H19FN2O2. The van der Waals surface area contributed by atoms with E-state index in [1.807, 2.05) is 30.3 Å². The molecule has 0 aliphatic carbocycles. The molecule has 0 heterocycles. The van der Waals surface area contributed by atoms with Crippen molar-refractivity contribution in [2.24, 2.45) is 0 Å². The number of carbonyl (C=O) groups is 1. The first-order valence-corrected chi connectivity index (χ1v) is 7.75. The zero-order valence-corrected chi connectivity index (χ0v) is 13.2. The van der Waals surface area contributed by atoms with Gasteiger partial charge in [-0.2, -0.15) is 5.26 Å². The van der Waals surface area contributed by atoms with Gasteiger partial charge < -0.3 is 10.4 Å². The Labute approximate surface area is 140 Å². The molecule has 24 heavy (non-hydrogen) atoms. The third-order valence-corrected chi connectivity index (χ3v) is 3.69. The number of hydrogen-bond donors (Lipinski definition) is 2. The number of amides is 1. The summed E-state index contributed by atoms with van der Waals surface area (Å²) in [7, 11) is 0. The highest BCUT2D eigenvalue weighted by atomic mass is 19.1. The average molecular weight is 326 g/mol. The van der Waals surface area contributed by atoms with Gasteiger partial charge in [-0.05, 0) is 29.7 Å². The Balaban J connectivity index is 2.01. The molecule has 1 amide bonds. The summed E-state index contributed by atoms with van der Waals surface area (Å²) in [5.41, 5.74) is 1.26. The first-order chi connectivity index (χ1) is 11.6. The summed E-state index contributed by atoms with van der Waals surface area (Å²) in [5.74, 6) is -0.804. The summed E-state index contributed by atoms with van der Waals surface area (Å²) in [5, 5.41) is 21.7. The van der Waals surface area contributed by atoms with Crippen molar-refractivity contribution >= 4 is 5.91 Å². The van der Waals surface area contributed by atoms with E-state index in [9.17, 15) is 14.3 Å². The first kappa shape index (κ1) is 17.6. The van der Waals surface area contributed by atoms with Crippen molar-refractivity contribution in [3.05, 3.63) is 71.5 Å². The van der Waals surface area contributed by atoms with Crippen LogP contribution in [0.15, 0.2) is 54.6 Å². The maximum atomic E-state index is 13.2. The molecule has 2 atom stereocenters. The van der Waals surface area contributed by atoms with Gasteiger partial charge in [0.1, 0.15) is 5.82 Å². The van der Waals surface area contributed by atoms with E-state index in [1.54, 1.807) is 6.07 Å². The Morgan fingerprint density at radius 2 is 1.88 bits per heavy atom. The SMILES string of the molecule is N#CCCC(NC(=O)CC(O)c1cccc(F)c1)c1ccccc1. The number of carbonyl (C=O) groups excluding carboxylic acids is 1. The Morgan fingerprint density at radius 1 is 1.17 bits per heavy atom. The monoisotopic (exact) mass is 326 g/mol. The summed E-state index contributed by atoms with van der Waals surface area (Å²) in [4.78, 5) is 12.2. The second kappa shape index (κ2) is 8.80. The van der Waals surface area contributed by atoms with E-state index in [2.05, 4.69) is 11.4 Å². The molecule has 0 bridgehead atoms. The second-order valence-corrected chi connectivity index (χ2v) is 5.50. The zero-order valence-electron chi connectivity index (χ0n) is 13.2. The Morgan fingerprint density at radius 3 is 2.54 bits per heavy atom. The molecule has 2 aromatic rings. The predicted molar refractivity (Wildman–Crippen MR) is 88.1 cm³/mol. The van der Waals surface area contributed by atoms with Crippen LogP contribution in [0.2, 0.25) is 0 Å². The maximum Gasteiger partial charge on any atom is 0.223 e. The maximum absolute atomic E-state index is 13.2. The molecule has 5 heteroatoms. The second-order valence-electron chi connectivity index (χ2n) is 5.50. The van der Waals surface area contributed by atoms with Gasteiger partial charge in [-0.1, -0.05) is 42.5 Å². The molecule has 2 unspecified atom stereocenters. The van der Waals surface area contributed by atoms with Crippen molar-refractivity contribution in [2.75, 3.05) is 0 Å². The van der Waals surface area contributed by atoms with Gasteiger partial charge in [-0.15, -0.1) is 0 Å². The molecule has 0 aromatic heterocycles. The molecule has 124 valence electrons. The summed E-state index contributed by atoms with van der Waals surface area (Å²) in [6.07, 6.45) is -0.443. The lowest BCUT2D eigenvalue weighted by atomic mass is 10.0. The molecule has 0 saturated heterocycles. The van der Waals surface area contributed by atoms with Gasteiger partial charge in [0, 0.05) is 6.42 Å². The highest BCUT2D eigenvalue weighted by Gasteiger charge is 2.18. The first-order valence-electron chi connectivity index (χ1n) is 7.75. The molecule has 0 aliphatic rings. The van der Waals surface area contributed by atoms with Crippen molar-refractivity contribution < 1.29 is 14.3 Å². The van der Waals surface area contributed by atoms with Gasteiger partial charge in [0.25, 0.3) is 0 Å². The molecule has 2 N–H and O–H groups in total. The van der Waals surface area contributed by atoms with E-state index in [-0.39, 0.29) is 18.4 Å². The van der Waals surface area contributed by atoms with Crippen LogP contribution in [-0.4, -0.2) is 11.0 Å². The van der Waals surface area contributed by atoms with Crippen LogP contribution in [0.25, 0.3) is 0 Å². The average Bonchev–Trinajstić information content (AvgIpc) is 2.59. The van der Waals surface area contributed by atoms with Crippen molar-refractivity contribution in [2.45, 2.75) is 31.4 Å². The van der Waals surface area contributed by atoms with Crippen LogP contribution in [0.5, 0.6) is 0 Å². The fourth-order valence-electron chi connectivity index (χ4n) is 2.48. The minimum Gasteiger partial charge on any atom is -0.388 e. The van der Waals surface area contributed by atoms with Crippen LogP contribution in [0.1, 0.15) is 42.5 Å². The molecule has 0 fully saturated rings. The molecule has 0 spiro atoms. The number of nitrogens with one attached hydrogen (secondary N) is 1. The number of benzene rings is 2. The van der Waals surface area contributed by atoms with Crippen LogP contribution in [-0.2, 0) is 4.79 Å². The Hall–Kier alpha value is -2.71. The van der Waals surface area contributed by atoms with Crippen LogP contribution < -0.4 is 5.32 Å². The minimum atomic E-state index is -1.08. The summed E-state index contributed by atoms with van der Waals surface area (Å²) >= 11 is 0. The number of halogens is 1. The number of aliphatic hydroxyl groups excluding tert-OH is 1. The lowest BCUT2D eigenvalue weighted by molar-refractivity contribution is -0.123. The van der Waals surface area contributed by atoms with Gasteiger partial charge in [0.2, 0.25) is 5.91 Å². The lowest BCUT2D eigenvalue weighted by Gasteiger charge is -2.19. The predicted octanol–water partition coefficient (Wildman–Crippen LogP) is 3.41. The largest absolute Gasteiger partial charge is 0.388 e. The molecule has 2 rings (SSSR count). The molecule has 2 aromatic carbocycles. The number of hydrogen-bond acceptors (Lipinski definition) is 3. The normalized spacial score (nSPS) is 12.9. The third-order valence-electron chi connectivity index (χ3n) is 3.69. The topological polar surface area (TPSA) is 73.1 Å². The van der Waals surface area contributed by atoms with Crippen molar-refractivity contribution in [1.29, 1.82) is 5.26 Å². The van der Waals surface area contributed by atoms with Crippen molar-refractivity contribution in [3.8, 4) is 6.07 Å². The quantitative estimate of drug-likeness (QED) is 0.819. The fraction of sp³-hybridized carbons (Fsp3) is 0.263. The smallest absolute Gasteiger partial charge is 0.223 e. The molecule has 4 nitrogen and oxygen atoms in total. The Bertz CT molecular complexity index is 713. The van der Waals surface area contributed by atoms with Crippen LogP contribution in [0.3, 0.4) is 0 Å². The van der Waals surface area contributed by atoms with Gasteiger partial charge in [0.05, 0.1) is 24.6 Å². The standard InChI is InChI=1S/C19H19FN2O2/c20-16-9-4-8-15(12-16)18(23)13-19(24)22-17(10-5-11-21)14-6-2-1-3-7-14/h1-4,6-9,12,17-18,23H,5,10,13H2,(H,22,24). The van der Waals surface area contributed by atoms with E-state index in [4.69, 9.17) is 5.26 Å². The van der Waals surface area contributed by atoms with Crippen LogP contribution in [0.4, 0.5) is 4.39 Å². The Kier molecular flexibility index (Phi) is 6.47. The van der Waals surface area contributed by atoms with E-state index >= 15 is 0 Å². The van der Waals surface area contributed by atoms with Crippen molar-refractivity contribution in [1.82, 2.24) is 5.32 Å². The summed E-state index contributed by atoms with van der Waals surface area (Å²) < 4.78 is 13.2. The zero-order chi connectivity index (χ0) is 17.4. The summed E-state index contributed by atoms with van der Waals surface area (Å²) in [6.45, 7) is 0. The summed E-state index contributed by atoms with van der Waals surface area (Å²) in [6, 6.07) is 16.7. The number of nitriles is 1. The highest BCUT2D eigenvalue weighted by Crippen LogP contribution is 2.21. The molecule has 0 saturated carbocycles. The third kappa shape index (κ3) is 5.18. The minimum absolute atomic E-state index is 0.167. The van der Waals surface area contributed by atoms with Crippen LogP contribution >= 0.6 is 0 Å². The molecule has 0 radical (unpaired) electrons. The van der Waals surface area contributed by atoms with E-state index in [0.717, 1.165) is 5.56 Å². The number of aliphatic hydroxyl groups is 1. The van der Waals surface area contributed by atoms with Gasteiger partial charge in [-0.25, -0.2) is 4.39 Å². The van der Waals surface area contributed by atoms with E-state index in [1.165, 1.54) is 18.2 Å². The van der Waals surface area contributed by atoms with Gasteiger partial charge >= 0.3 is 0 Å².